The molecule has 0 aliphatic rings. The van der Waals surface area contributed by atoms with E-state index < -0.39 is 5.82 Å². The molecule has 0 amide bonds. The Kier molecular flexibility index (Phi) is 5.23. The molecule has 0 spiro atoms. The van der Waals surface area contributed by atoms with Gasteiger partial charge in [0.15, 0.2) is 0 Å². The van der Waals surface area contributed by atoms with Crippen molar-refractivity contribution in [3.8, 4) is 0 Å². The minimum atomic E-state index is -0.405. The maximum atomic E-state index is 14.1. The lowest BCUT2D eigenvalue weighted by Crippen LogP contribution is -2.07. The molecule has 0 radical (unpaired) electrons. The lowest BCUT2D eigenvalue weighted by molar-refractivity contribution is 0.553. The van der Waals surface area contributed by atoms with Crippen LogP contribution in [0.4, 0.5) is 4.39 Å². The molecule has 0 N–H and O–H groups in total. The van der Waals surface area contributed by atoms with Crippen LogP contribution >= 0.6 is 22.9 Å². The lowest BCUT2D eigenvalue weighted by Gasteiger charge is -2.07. The molecule has 9 heteroatoms. The van der Waals surface area contributed by atoms with Crippen LogP contribution in [0.1, 0.15) is 39.9 Å². The van der Waals surface area contributed by atoms with E-state index in [0.717, 1.165) is 21.4 Å². The highest BCUT2D eigenvalue weighted by Crippen LogP contribution is 2.23. The maximum absolute atomic E-state index is 14.1. The van der Waals surface area contributed by atoms with Crippen LogP contribution in [0.25, 0.3) is 0 Å². The smallest absolute Gasteiger partial charge is 0.146 e. The molecule has 0 fully saturated rings. The van der Waals surface area contributed by atoms with Gasteiger partial charge in [-0.25, -0.2) is 4.39 Å². The molecule has 0 aliphatic carbocycles. The SMILES string of the molecule is Cc1ccn(C(C)c2nnc(Cc3ccn(Cc4cccc(Cl)c4F)n3)s2)n1. The second-order valence-corrected chi connectivity index (χ2v) is 8.04. The minimum Gasteiger partial charge on any atom is -0.268 e. The van der Waals surface area contributed by atoms with Crippen molar-refractivity contribution in [1.82, 2.24) is 29.8 Å². The highest BCUT2D eigenvalue weighted by Gasteiger charge is 2.15. The van der Waals surface area contributed by atoms with Crippen LogP contribution in [0.3, 0.4) is 0 Å². The topological polar surface area (TPSA) is 61.4 Å². The van der Waals surface area contributed by atoms with Crippen LogP contribution in [0, 0.1) is 12.7 Å². The predicted octanol–water partition coefficient (Wildman–Crippen LogP) is 4.28. The summed E-state index contributed by atoms with van der Waals surface area (Å²) in [6.45, 7) is 4.33. The number of rotatable bonds is 6. The summed E-state index contributed by atoms with van der Waals surface area (Å²) >= 11 is 7.39. The zero-order valence-corrected chi connectivity index (χ0v) is 17.0. The van der Waals surface area contributed by atoms with Gasteiger partial charge in [-0.15, -0.1) is 10.2 Å². The lowest BCUT2D eigenvalue weighted by atomic mass is 10.2. The van der Waals surface area contributed by atoms with E-state index in [-0.39, 0.29) is 11.1 Å². The summed E-state index contributed by atoms with van der Waals surface area (Å²) in [7, 11) is 0. The normalized spacial score (nSPS) is 12.4. The first-order valence-corrected chi connectivity index (χ1v) is 9.98. The van der Waals surface area contributed by atoms with E-state index in [0.29, 0.717) is 18.5 Å². The number of benzene rings is 1. The van der Waals surface area contributed by atoms with Crippen molar-refractivity contribution in [3.63, 3.8) is 0 Å². The summed E-state index contributed by atoms with van der Waals surface area (Å²) in [5.41, 5.74) is 2.33. The standard InChI is InChI=1S/C19H18ClFN6S/c1-12-6-9-27(24-12)13(2)19-23-22-17(28-19)10-15-7-8-26(25-15)11-14-4-3-5-16(20)18(14)21/h3-9,13H,10-11H2,1-2H3. The summed E-state index contributed by atoms with van der Waals surface area (Å²) in [5, 5.41) is 19.4. The van der Waals surface area contributed by atoms with Gasteiger partial charge in [-0.1, -0.05) is 35.1 Å². The fourth-order valence-corrected chi connectivity index (χ4v) is 3.95. The third-order valence-corrected chi connectivity index (χ3v) is 5.76. The average Bonchev–Trinajstić information content (AvgIpc) is 3.41. The van der Waals surface area contributed by atoms with Gasteiger partial charge in [-0.3, -0.25) is 9.36 Å². The molecule has 1 atom stereocenters. The number of aryl methyl sites for hydroxylation is 1. The molecule has 144 valence electrons. The van der Waals surface area contributed by atoms with E-state index in [1.165, 1.54) is 6.07 Å². The Balaban J connectivity index is 1.44. The van der Waals surface area contributed by atoms with Gasteiger partial charge < -0.3 is 0 Å². The maximum Gasteiger partial charge on any atom is 0.146 e. The first kappa shape index (κ1) is 18.8. The van der Waals surface area contributed by atoms with Crippen molar-refractivity contribution in [2.24, 2.45) is 0 Å². The van der Waals surface area contributed by atoms with Gasteiger partial charge in [0.1, 0.15) is 21.9 Å². The number of hydrogen-bond donors (Lipinski definition) is 0. The first-order chi connectivity index (χ1) is 13.5. The second kappa shape index (κ2) is 7.81. The summed E-state index contributed by atoms with van der Waals surface area (Å²) < 4.78 is 17.6. The van der Waals surface area contributed by atoms with Gasteiger partial charge in [0, 0.05) is 24.4 Å². The molecule has 1 unspecified atom stereocenters. The second-order valence-electron chi connectivity index (χ2n) is 6.54. The van der Waals surface area contributed by atoms with Crippen LogP contribution in [0.5, 0.6) is 0 Å². The summed E-state index contributed by atoms with van der Waals surface area (Å²) in [5.74, 6) is -0.405. The highest BCUT2D eigenvalue weighted by molar-refractivity contribution is 7.11. The van der Waals surface area contributed by atoms with Gasteiger partial charge >= 0.3 is 0 Å². The van der Waals surface area contributed by atoms with E-state index in [9.17, 15) is 4.39 Å². The fourth-order valence-electron chi connectivity index (χ4n) is 2.85. The third-order valence-electron chi connectivity index (χ3n) is 4.37. The quantitative estimate of drug-likeness (QED) is 0.470. The summed E-state index contributed by atoms with van der Waals surface area (Å²) in [4.78, 5) is 0. The van der Waals surface area contributed by atoms with Crippen LogP contribution in [-0.2, 0) is 13.0 Å². The van der Waals surface area contributed by atoms with Crippen molar-refractivity contribution >= 4 is 22.9 Å². The highest BCUT2D eigenvalue weighted by atomic mass is 35.5. The molecule has 4 aromatic rings. The third kappa shape index (κ3) is 3.98. The molecule has 1 aromatic carbocycles. The van der Waals surface area contributed by atoms with Crippen LogP contribution in [0.15, 0.2) is 42.7 Å². The van der Waals surface area contributed by atoms with Crippen molar-refractivity contribution in [2.45, 2.75) is 32.9 Å². The Morgan fingerprint density at radius 2 is 2.00 bits per heavy atom. The number of halogens is 2. The van der Waals surface area contributed by atoms with Gasteiger partial charge in [0.25, 0.3) is 0 Å². The molecule has 28 heavy (non-hydrogen) atoms. The van der Waals surface area contributed by atoms with E-state index in [1.54, 1.807) is 28.2 Å². The zero-order chi connectivity index (χ0) is 19.7. The molecular formula is C19H18ClFN6S. The summed E-state index contributed by atoms with van der Waals surface area (Å²) in [6.07, 6.45) is 4.35. The van der Waals surface area contributed by atoms with Gasteiger partial charge in [0.2, 0.25) is 0 Å². The van der Waals surface area contributed by atoms with E-state index in [4.69, 9.17) is 11.6 Å². The van der Waals surface area contributed by atoms with Gasteiger partial charge in [-0.05, 0) is 32.0 Å². The van der Waals surface area contributed by atoms with Gasteiger partial charge in [-0.2, -0.15) is 10.2 Å². The minimum absolute atomic E-state index is 0.0308. The number of aromatic nitrogens is 6. The van der Waals surface area contributed by atoms with Crippen LogP contribution in [-0.4, -0.2) is 29.8 Å². The Morgan fingerprint density at radius 1 is 1.14 bits per heavy atom. The Morgan fingerprint density at radius 3 is 2.79 bits per heavy atom. The molecule has 3 aromatic heterocycles. The monoisotopic (exact) mass is 416 g/mol. The van der Waals surface area contributed by atoms with Crippen molar-refractivity contribution in [3.05, 3.63) is 80.5 Å². The van der Waals surface area contributed by atoms with E-state index in [2.05, 4.69) is 20.4 Å². The fraction of sp³-hybridized carbons (Fsp3) is 0.263. The van der Waals surface area contributed by atoms with Crippen molar-refractivity contribution in [1.29, 1.82) is 0 Å². The van der Waals surface area contributed by atoms with Crippen molar-refractivity contribution in [2.75, 3.05) is 0 Å². The molecule has 6 nitrogen and oxygen atoms in total. The Labute approximate surface area is 170 Å². The molecular weight excluding hydrogens is 399 g/mol. The molecule has 0 bridgehead atoms. The average molecular weight is 417 g/mol. The first-order valence-electron chi connectivity index (χ1n) is 8.79. The van der Waals surface area contributed by atoms with Crippen molar-refractivity contribution < 1.29 is 4.39 Å². The Hall–Kier alpha value is -2.58. The van der Waals surface area contributed by atoms with Gasteiger partial charge in [0.05, 0.1) is 23.0 Å². The Bertz CT molecular complexity index is 1100. The largest absolute Gasteiger partial charge is 0.268 e. The van der Waals surface area contributed by atoms with E-state index in [1.807, 2.05) is 43.1 Å². The van der Waals surface area contributed by atoms with Crippen LogP contribution < -0.4 is 0 Å². The number of nitrogens with zero attached hydrogens (tertiary/aromatic N) is 6. The molecule has 0 aliphatic heterocycles. The zero-order valence-electron chi connectivity index (χ0n) is 15.4. The van der Waals surface area contributed by atoms with E-state index >= 15 is 0 Å². The molecule has 0 saturated carbocycles. The predicted molar refractivity (Wildman–Crippen MR) is 106 cm³/mol. The molecule has 0 saturated heterocycles. The number of hydrogen-bond acceptors (Lipinski definition) is 5. The van der Waals surface area contributed by atoms with Crippen LogP contribution in [0.2, 0.25) is 5.02 Å². The molecule has 4 rings (SSSR count). The molecule has 3 heterocycles. The summed E-state index contributed by atoms with van der Waals surface area (Å²) in [6, 6.07) is 8.88.